The van der Waals surface area contributed by atoms with E-state index in [0.29, 0.717) is 11.3 Å². The SMILES string of the molecule is O=[N+]([O-])c1cccc(-c2csc(-c3scnc3-c3cccc4cc(O)ccc34)n2)c1. The first-order chi connectivity index (χ1) is 14.6. The van der Waals surface area contributed by atoms with Gasteiger partial charge in [-0.2, -0.15) is 0 Å². The molecular weight excluding hydrogens is 418 g/mol. The minimum absolute atomic E-state index is 0.0412. The number of fused-ring (bicyclic) bond motifs is 1. The highest BCUT2D eigenvalue weighted by atomic mass is 32.1. The predicted molar refractivity (Wildman–Crippen MR) is 120 cm³/mol. The molecule has 0 aliphatic carbocycles. The summed E-state index contributed by atoms with van der Waals surface area (Å²) < 4.78 is 0. The molecule has 0 fully saturated rings. The molecular formula is C22H13N3O3S2. The maximum absolute atomic E-state index is 11.1. The lowest BCUT2D eigenvalue weighted by Gasteiger charge is -2.06. The van der Waals surface area contributed by atoms with Crippen LogP contribution in [-0.2, 0) is 0 Å². The van der Waals surface area contributed by atoms with E-state index in [9.17, 15) is 15.2 Å². The Labute approximate surface area is 178 Å². The second-order valence-electron chi connectivity index (χ2n) is 6.59. The Morgan fingerprint density at radius 3 is 2.73 bits per heavy atom. The predicted octanol–water partition coefficient (Wildman–Crippen LogP) is 6.37. The third-order valence-electron chi connectivity index (χ3n) is 4.74. The molecule has 0 saturated carbocycles. The average molecular weight is 431 g/mol. The van der Waals surface area contributed by atoms with Gasteiger partial charge in [0.15, 0.2) is 0 Å². The first kappa shape index (κ1) is 18.4. The van der Waals surface area contributed by atoms with E-state index in [-0.39, 0.29) is 11.4 Å². The molecule has 0 spiro atoms. The molecule has 1 N–H and O–H groups in total. The van der Waals surface area contributed by atoms with Crippen LogP contribution in [-0.4, -0.2) is 20.0 Å². The van der Waals surface area contributed by atoms with Crippen LogP contribution in [0.3, 0.4) is 0 Å². The summed E-state index contributed by atoms with van der Waals surface area (Å²) in [5.41, 5.74) is 5.03. The number of phenolic OH excluding ortho intramolecular Hbond substituents is 1. The molecule has 30 heavy (non-hydrogen) atoms. The van der Waals surface area contributed by atoms with Gasteiger partial charge in [-0.15, -0.1) is 22.7 Å². The number of thiazole rings is 2. The van der Waals surface area contributed by atoms with Crippen LogP contribution in [0, 0.1) is 10.1 Å². The normalized spacial score (nSPS) is 11.1. The summed E-state index contributed by atoms with van der Waals surface area (Å²) in [7, 11) is 0. The summed E-state index contributed by atoms with van der Waals surface area (Å²) >= 11 is 2.99. The standard InChI is InChI=1S/C22H13N3O3S2/c26-16-7-8-17-13(10-16)3-2-6-18(17)20-21(30-12-23-20)22-24-19(11-29-22)14-4-1-5-15(9-14)25(27)28/h1-12,26H. The van der Waals surface area contributed by atoms with E-state index >= 15 is 0 Å². The summed E-state index contributed by atoms with van der Waals surface area (Å²) in [4.78, 5) is 20.9. The molecule has 0 radical (unpaired) electrons. The number of phenols is 1. The highest BCUT2D eigenvalue weighted by Gasteiger charge is 2.17. The molecule has 8 heteroatoms. The number of hydrogen-bond acceptors (Lipinski definition) is 7. The molecule has 0 bridgehead atoms. The van der Waals surface area contributed by atoms with Crippen molar-refractivity contribution in [3.05, 3.63) is 81.7 Å². The molecule has 0 saturated heterocycles. The van der Waals surface area contributed by atoms with Gasteiger partial charge in [0.05, 0.1) is 26.7 Å². The monoisotopic (exact) mass is 431 g/mol. The van der Waals surface area contributed by atoms with Crippen molar-refractivity contribution in [3.63, 3.8) is 0 Å². The Balaban J connectivity index is 1.59. The highest BCUT2D eigenvalue weighted by Crippen LogP contribution is 2.40. The summed E-state index contributed by atoms with van der Waals surface area (Å²) in [6.45, 7) is 0. The molecule has 5 aromatic rings. The zero-order valence-electron chi connectivity index (χ0n) is 15.4. The topological polar surface area (TPSA) is 89.2 Å². The summed E-state index contributed by atoms with van der Waals surface area (Å²) in [5.74, 6) is 0.222. The van der Waals surface area contributed by atoms with E-state index in [0.717, 1.165) is 31.9 Å². The van der Waals surface area contributed by atoms with E-state index in [2.05, 4.69) is 4.98 Å². The molecule has 0 atom stereocenters. The second kappa shape index (κ2) is 7.33. The molecule has 6 nitrogen and oxygen atoms in total. The lowest BCUT2D eigenvalue weighted by atomic mass is 10.0. The Bertz CT molecular complexity index is 1410. The smallest absolute Gasteiger partial charge is 0.270 e. The number of rotatable bonds is 4. The van der Waals surface area contributed by atoms with Gasteiger partial charge in [0, 0.05) is 28.6 Å². The molecule has 2 aromatic heterocycles. The number of benzene rings is 3. The Morgan fingerprint density at radius 2 is 1.87 bits per heavy atom. The van der Waals surface area contributed by atoms with Gasteiger partial charge in [0.25, 0.3) is 5.69 Å². The Hall–Kier alpha value is -3.62. The Morgan fingerprint density at radius 1 is 1.00 bits per heavy atom. The van der Waals surface area contributed by atoms with Crippen molar-refractivity contribution in [1.82, 2.24) is 9.97 Å². The van der Waals surface area contributed by atoms with Crippen LogP contribution < -0.4 is 0 Å². The maximum Gasteiger partial charge on any atom is 0.270 e. The lowest BCUT2D eigenvalue weighted by Crippen LogP contribution is -1.88. The first-order valence-electron chi connectivity index (χ1n) is 8.96. The summed E-state index contributed by atoms with van der Waals surface area (Å²) in [6.07, 6.45) is 0. The molecule has 0 unspecified atom stereocenters. The number of nitro benzene ring substituents is 1. The van der Waals surface area contributed by atoms with Crippen molar-refractivity contribution in [2.45, 2.75) is 0 Å². The van der Waals surface area contributed by atoms with Gasteiger partial charge in [0.1, 0.15) is 10.8 Å². The number of hydrogen-bond donors (Lipinski definition) is 1. The minimum Gasteiger partial charge on any atom is -0.508 e. The molecule has 2 heterocycles. The minimum atomic E-state index is -0.406. The fourth-order valence-electron chi connectivity index (χ4n) is 3.36. The van der Waals surface area contributed by atoms with E-state index in [1.54, 1.807) is 23.7 Å². The zero-order chi connectivity index (χ0) is 20.7. The number of aromatic nitrogens is 2. The van der Waals surface area contributed by atoms with Crippen LogP contribution >= 0.6 is 22.7 Å². The van der Waals surface area contributed by atoms with Gasteiger partial charge in [-0.05, 0) is 22.9 Å². The summed E-state index contributed by atoms with van der Waals surface area (Å²) in [5, 5.41) is 25.5. The lowest BCUT2D eigenvalue weighted by molar-refractivity contribution is -0.384. The van der Waals surface area contributed by atoms with Crippen molar-refractivity contribution in [3.8, 4) is 38.1 Å². The largest absolute Gasteiger partial charge is 0.508 e. The molecule has 146 valence electrons. The van der Waals surface area contributed by atoms with E-state index in [1.165, 1.54) is 34.8 Å². The van der Waals surface area contributed by atoms with Gasteiger partial charge in [-0.1, -0.05) is 36.4 Å². The molecule has 0 amide bonds. The van der Waals surface area contributed by atoms with Crippen LogP contribution in [0.15, 0.2) is 71.6 Å². The van der Waals surface area contributed by atoms with Gasteiger partial charge in [-0.25, -0.2) is 9.97 Å². The van der Waals surface area contributed by atoms with Gasteiger partial charge in [0.2, 0.25) is 0 Å². The highest BCUT2D eigenvalue weighted by molar-refractivity contribution is 7.20. The second-order valence-corrected chi connectivity index (χ2v) is 8.30. The molecule has 5 rings (SSSR count). The van der Waals surface area contributed by atoms with E-state index < -0.39 is 4.92 Å². The fraction of sp³-hybridized carbons (Fsp3) is 0. The number of aromatic hydroxyl groups is 1. The van der Waals surface area contributed by atoms with E-state index in [1.807, 2.05) is 35.7 Å². The number of nitrogens with zero attached hydrogens (tertiary/aromatic N) is 3. The molecule has 0 aliphatic rings. The third kappa shape index (κ3) is 3.22. The van der Waals surface area contributed by atoms with Crippen LogP contribution in [0.1, 0.15) is 0 Å². The quantitative estimate of drug-likeness (QED) is 0.264. The van der Waals surface area contributed by atoms with Gasteiger partial charge >= 0.3 is 0 Å². The fourth-order valence-corrected chi connectivity index (χ4v) is 5.10. The average Bonchev–Trinajstić information content (AvgIpc) is 3.42. The van der Waals surface area contributed by atoms with Crippen molar-refractivity contribution >= 4 is 39.1 Å². The van der Waals surface area contributed by atoms with Crippen molar-refractivity contribution in [1.29, 1.82) is 0 Å². The summed E-state index contributed by atoms with van der Waals surface area (Å²) in [6, 6.07) is 17.7. The van der Waals surface area contributed by atoms with Crippen LogP contribution in [0.4, 0.5) is 5.69 Å². The van der Waals surface area contributed by atoms with Crippen LogP contribution in [0.5, 0.6) is 5.75 Å². The molecule has 0 aliphatic heterocycles. The van der Waals surface area contributed by atoms with Crippen molar-refractivity contribution < 1.29 is 10.0 Å². The number of non-ortho nitro benzene ring substituents is 1. The number of nitro groups is 1. The first-order valence-corrected chi connectivity index (χ1v) is 10.7. The Kier molecular flexibility index (Phi) is 4.50. The van der Waals surface area contributed by atoms with E-state index in [4.69, 9.17) is 4.98 Å². The van der Waals surface area contributed by atoms with Crippen LogP contribution in [0.2, 0.25) is 0 Å². The van der Waals surface area contributed by atoms with Crippen LogP contribution in [0.25, 0.3) is 43.2 Å². The van der Waals surface area contributed by atoms with Gasteiger partial charge in [-0.3, -0.25) is 10.1 Å². The third-order valence-corrected chi connectivity index (χ3v) is 6.56. The maximum atomic E-state index is 11.1. The van der Waals surface area contributed by atoms with Crippen molar-refractivity contribution in [2.24, 2.45) is 0 Å². The molecule has 3 aromatic carbocycles. The van der Waals surface area contributed by atoms with Gasteiger partial charge < -0.3 is 5.11 Å². The van der Waals surface area contributed by atoms with Crippen molar-refractivity contribution in [2.75, 3.05) is 0 Å². The zero-order valence-corrected chi connectivity index (χ0v) is 17.0.